The molecule has 0 heterocycles. The summed E-state index contributed by atoms with van der Waals surface area (Å²) in [6.45, 7) is 9.12. The molecule has 104 valence electrons. The van der Waals surface area contributed by atoms with Gasteiger partial charge in [-0.2, -0.15) is 5.26 Å². The largest absolute Gasteiger partial charge is 0.385 e. The third kappa shape index (κ3) is 5.42. The lowest BCUT2D eigenvalue weighted by Crippen LogP contribution is -2.30. The second-order valence-corrected chi connectivity index (χ2v) is 5.76. The van der Waals surface area contributed by atoms with E-state index in [1.807, 2.05) is 25.1 Å². The first-order valence-electron chi connectivity index (χ1n) is 6.68. The van der Waals surface area contributed by atoms with Crippen molar-refractivity contribution in [2.24, 2.45) is 5.41 Å². The number of ether oxygens (including phenoxy) is 1. The zero-order chi connectivity index (χ0) is 14.3. The van der Waals surface area contributed by atoms with Crippen LogP contribution in [0, 0.1) is 23.7 Å². The van der Waals surface area contributed by atoms with Crippen molar-refractivity contribution in [2.45, 2.75) is 33.7 Å². The van der Waals surface area contributed by atoms with Crippen molar-refractivity contribution in [3.05, 3.63) is 34.9 Å². The van der Waals surface area contributed by atoms with Gasteiger partial charge in [-0.3, -0.25) is 0 Å². The van der Waals surface area contributed by atoms with Crippen LogP contribution in [0.15, 0.2) is 18.2 Å². The van der Waals surface area contributed by atoms with E-state index >= 15 is 0 Å². The van der Waals surface area contributed by atoms with Crippen molar-refractivity contribution in [2.75, 3.05) is 20.3 Å². The fraction of sp³-hybridized carbons (Fsp3) is 0.562. The quantitative estimate of drug-likeness (QED) is 0.819. The fourth-order valence-corrected chi connectivity index (χ4v) is 1.97. The van der Waals surface area contributed by atoms with Gasteiger partial charge >= 0.3 is 0 Å². The Hall–Kier alpha value is -1.37. The molecule has 0 unspecified atom stereocenters. The van der Waals surface area contributed by atoms with Crippen molar-refractivity contribution in [3.8, 4) is 6.07 Å². The highest BCUT2D eigenvalue weighted by atomic mass is 16.5. The summed E-state index contributed by atoms with van der Waals surface area (Å²) in [5.74, 6) is 0. The number of rotatable bonds is 7. The van der Waals surface area contributed by atoms with Gasteiger partial charge in [0.2, 0.25) is 0 Å². The van der Waals surface area contributed by atoms with Crippen LogP contribution in [0.5, 0.6) is 0 Å². The van der Waals surface area contributed by atoms with E-state index in [0.717, 1.165) is 31.7 Å². The van der Waals surface area contributed by atoms with E-state index < -0.39 is 0 Å². The monoisotopic (exact) mass is 260 g/mol. The Morgan fingerprint density at radius 2 is 2.11 bits per heavy atom. The van der Waals surface area contributed by atoms with E-state index in [1.54, 1.807) is 7.11 Å². The molecule has 0 aliphatic heterocycles. The van der Waals surface area contributed by atoms with Crippen LogP contribution >= 0.6 is 0 Å². The molecule has 0 saturated heterocycles. The molecule has 0 aliphatic rings. The summed E-state index contributed by atoms with van der Waals surface area (Å²) >= 11 is 0. The molecule has 0 spiro atoms. The predicted molar refractivity (Wildman–Crippen MR) is 77.9 cm³/mol. The lowest BCUT2D eigenvalue weighted by Gasteiger charge is -2.25. The summed E-state index contributed by atoms with van der Waals surface area (Å²) < 4.78 is 5.13. The van der Waals surface area contributed by atoms with Crippen molar-refractivity contribution < 1.29 is 4.74 Å². The van der Waals surface area contributed by atoms with E-state index in [1.165, 1.54) is 11.1 Å². The smallest absolute Gasteiger partial charge is 0.0991 e. The highest BCUT2D eigenvalue weighted by Crippen LogP contribution is 2.19. The molecule has 0 amide bonds. The molecule has 0 bridgehead atoms. The van der Waals surface area contributed by atoms with Gasteiger partial charge in [0.25, 0.3) is 0 Å². The molecule has 0 saturated carbocycles. The number of methoxy groups -OCH3 is 1. The minimum atomic E-state index is 0.233. The summed E-state index contributed by atoms with van der Waals surface area (Å²) in [5, 5.41) is 12.3. The van der Waals surface area contributed by atoms with Crippen LogP contribution in [0.3, 0.4) is 0 Å². The molecule has 1 N–H and O–H groups in total. The Balaban J connectivity index is 2.47. The molecule has 0 fully saturated rings. The van der Waals surface area contributed by atoms with E-state index in [9.17, 15) is 0 Å². The maximum atomic E-state index is 8.84. The Kier molecular flexibility index (Phi) is 6.01. The zero-order valence-corrected chi connectivity index (χ0v) is 12.4. The van der Waals surface area contributed by atoms with Crippen LogP contribution in [-0.2, 0) is 11.3 Å². The van der Waals surface area contributed by atoms with Crippen LogP contribution < -0.4 is 5.32 Å². The van der Waals surface area contributed by atoms with Gasteiger partial charge in [-0.1, -0.05) is 19.9 Å². The molecule has 3 nitrogen and oxygen atoms in total. The van der Waals surface area contributed by atoms with Crippen molar-refractivity contribution >= 4 is 0 Å². The summed E-state index contributed by atoms with van der Waals surface area (Å²) in [4.78, 5) is 0. The number of nitrogens with one attached hydrogen (secondary N) is 1. The number of nitrogens with zero attached hydrogens (tertiary/aromatic N) is 1. The first kappa shape index (κ1) is 15.7. The third-order valence-electron chi connectivity index (χ3n) is 3.37. The van der Waals surface area contributed by atoms with Gasteiger partial charge in [-0.05, 0) is 42.0 Å². The van der Waals surface area contributed by atoms with E-state index in [-0.39, 0.29) is 5.41 Å². The van der Waals surface area contributed by atoms with Gasteiger partial charge < -0.3 is 10.1 Å². The second kappa shape index (κ2) is 7.28. The van der Waals surface area contributed by atoms with Crippen molar-refractivity contribution in [1.82, 2.24) is 5.32 Å². The van der Waals surface area contributed by atoms with Gasteiger partial charge in [0.05, 0.1) is 11.6 Å². The van der Waals surface area contributed by atoms with Gasteiger partial charge in [0, 0.05) is 26.8 Å². The molecular weight excluding hydrogens is 236 g/mol. The van der Waals surface area contributed by atoms with E-state index in [4.69, 9.17) is 10.00 Å². The molecule has 1 rings (SSSR count). The molecule has 0 aromatic heterocycles. The van der Waals surface area contributed by atoms with Crippen LogP contribution in [0.2, 0.25) is 0 Å². The van der Waals surface area contributed by atoms with Crippen molar-refractivity contribution in [1.29, 1.82) is 5.26 Å². The van der Waals surface area contributed by atoms with Gasteiger partial charge in [0.15, 0.2) is 0 Å². The number of benzene rings is 1. The normalized spacial score (nSPS) is 11.3. The molecule has 19 heavy (non-hydrogen) atoms. The van der Waals surface area contributed by atoms with Gasteiger partial charge in [-0.25, -0.2) is 0 Å². The Morgan fingerprint density at radius 3 is 2.68 bits per heavy atom. The number of hydrogen-bond donors (Lipinski definition) is 1. The van der Waals surface area contributed by atoms with Crippen LogP contribution in [0.4, 0.5) is 0 Å². The van der Waals surface area contributed by atoms with Crippen LogP contribution in [0.25, 0.3) is 0 Å². The molecule has 0 aliphatic carbocycles. The third-order valence-corrected chi connectivity index (χ3v) is 3.37. The SMILES string of the molecule is COCCC(C)(C)CNCc1ccc(C#N)cc1C. The maximum Gasteiger partial charge on any atom is 0.0991 e. The molecule has 0 radical (unpaired) electrons. The average molecular weight is 260 g/mol. The Labute approximate surface area is 116 Å². The van der Waals surface area contributed by atoms with Crippen molar-refractivity contribution in [3.63, 3.8) is 0 Å². The number of aryl methyl sites for hydroxylation is 1. The lowest BCUT2D eigenvalue weighted by molar-refractivity contribution is 0.150. The highest BCUT2D eigenvalue weighted by molar-refractivity contribution is 5.37. The molecule has 0 atom stereocenters. The first-order chi connectivity index (χ1) is 8.98. The van der Waals surface area contributed by atoms with Gasteiger partial charge in [-0.15, -0.1) is 0 Å². The second-order valence-electron chi connectivity index (χ2n) is 5.76. The lowest BCUT2D eigenvalue weighted by atomic mass is 9.89. The number of nitriles is 1. The molecule has 1 aromatic carbocycles. The minimum absolute atomic E-state index is 0.233. The van der Waals surface area contributed by atoms with Crippen LogP contribution in [-0.4, -0.2) is 20.3 Å². The summed E-state index contributed by atoms with van der Waals surface area (Å²) in [6.07, 6.45) is 1.04. The summed E-state index contributed by atoms with van der Waals surface area (Å²) in [6, 6.07) is 8.01. The minimum Gasteiger partial charge on any atom is -0.385 e. The van der Waals surface area contributed by atoms with Gasteiger partial charge in [0.1, 0.15) is 0 Å². The summed E-state index contributed by atoms with van der Waals surface area (Å²) in [7, 11) is 1.74. The topological polar surface area (TPSA) is 45.0 Å². The Bertz CT molecular complexity index is 447. The predicted octanol–water partition coefficient (Wildman–Crippen LogP) is 3.02. The number of hydrogen-bond acceptors (Lipinski definition) is 3. The highest BCUT2D eigenvalue weighted by Gasteiger charge is 2.16. The fourth-order valence-electron chi connectivity index (χ4n) is 1.97. The van der Waals surface area contributed by atoms with E-state index in [2.05, 4.69) is 25.2 Å². The average Bonchev–Trinajstić information content (AvgIpc) is 2.38. The van der Waals surface area contributed by atoms with E-state index in [0.29, 0.717) is 0 Å². The molecular formula is C16H24N2O. The van der Waals surface area contributed by atoms with Crippen LogP contribution in [0.1, 0.15) is 37.0 Å². The molecule has 3 heteroatoms. The zero-order valence-electron chi connectivity index (χ0n) is 12.4. The molecule has 1 aromatic rings. The summed E-state index contributed by atoms with van der Waals surface area (Å²) in [5.41, 5.74) is 3.38. The standard InChI is InChI=1S/C16H24N2O/c1-13-9-14(10-17)5-6-15(13)11-18-12-16(2,3)7-8-19-4/h5-6,9,18H,7-8,11-12H2,1-4H3. The Morgan fingerprint density at radius 1 is 1.37 bits per heavy atom. The first-order valence-corrected chi connectivity index (χ1v) is 6.68. The maximum absolute atomic E-state index is 8.84.